The van der Waals surface area contributed by atoms with Crippen LogP contribution in [0.5, 0.6) is 0 Å². The molecule has 0 aromatic carbocycles. The Morgan fingerprint density at radius 1 is 1.50 bits per heavy atom. The third kappa shape index (κ3) is 1.43. The van der Waals surface area contributed by atoms with Gasteiger partial charge in [0.15, 0.2) is 0 Å². The fourth-order valence-corrected chi connectivity index (χ4v) is 1.57. The third-order valence-corrected chi connectivity index (χ3v) is 2.44. The van der Waals surface area contributed by atoms with E-state index >= 15 is 0 Å². The Bertz CT molecular complexity index is 310. The number of hydrogen-bond acceptors (Lipinski definition) is 3. The van der Waals surface area contributed by atoms with E-state index in [9.17, 15) is 14.4 Å². The molecule has 0 aromatic rings. The van der Waals surface area contributed by atoms with Gasteiger partial charge in [0.05, 0.1) is 0 Å². The van der Waals surface area contributed by atoms with Crippen molar-refractivity contribution in [2.24, 2.45) is 5.92 Å². The molecule has 76 valence electrons. The van der Waals surface area contributed by atoms with Crippen LogP contribution < -0.4 is 5.32 Å². The fraction of sp³-hybridized carbons (Fsp3) is 0.625. The minimum Gasteiger partial charge on any atom is -0.480 e. The van der Waals surface area contributed by atoms with Crippen LogP contribution in [-0.4, -0.2) is 40.5 Å². The number of hydrogen-bond donors (Lipinski definition) is 2. The molecule has 1 unspecified atom stereocenters. The van der Waals surface area contributed by atoms with Gasteiger partial charge in [0.2, 0.25) is 0 Å². The van der Waals surface area contributed by atoms with E-state index in [0.717, 1.165) is 17.7 Å². The number of amides is 3. The summed E-state index contributed by atoms with van der Waals surface area (Å²) in [4.78, 5) is 33.8. The maximum absolute atomic E-state index is 11.5. The van der Waals surface area contributed by atoms with Gasteiger partial charge in [0, 0.05) is 0 Å². The van der Waals surface area contributed by atoms with Crippen molar-refractivity contribution in [1.29, 1.82) is 0 Å². The summed E-state index contributed by atoms with van der Waals surface area (Å²) >= 11 is 0. The molecule has 2 fully saturated rings. The number of aliphatic carboxylic acids is 1. The Hall–Kier alpha value is -1.59. The van der Waals surface area contributed by atoms with Gasteiger partial charge < -0.3 is 10.4 Å². The number of carbonyl (C=O) groups is 3. The molecule has 2 N–H and O–H groups in total. The first-order valence-electron chi connectivity index (χ1n) is 4.43. The van der Waals surface area contributed by atoms with Crippen LogP contribution in [-0.2, 0) is 9.59 Å². The topological polar surface area (TPSA) is 86.7 Å². The predicted octanol–water partition coefficient (Wildman–Crippen LogP) is -0.599. The standard InChI is InChI=1S/C8H10N2O4/c11-5(12)3-10-7(13)6(4-1-2-4)9-8(10)14/h4,6H,1-3H2,(H,9,14)(H,11,12). The molecule has 2 aliphatic rings. The average molecular weight is 198 g/mol. The van der Waals surface area contributed by atoms with Gasteiger partial charge in [0.25, 0.3) is 5.91 Å². The predicted molar refractivity (Wildman–Crippen MR) is 44.4 cm³/mol. The summed E-state index contributed by atoms with van der Waals surface area (Å²) in [7, 11) is 0. The second-order valence-corrected chi connectivity index (χ2v) is 3.58. The lowest BCUT2D eigenvalue weighted by Gasteiger charge is -2.08. The molecule has 3 amide bonds. The number of nitrogens with one attached hydrogen (secondary N) is 1. The van der Waals surface area contributed by atoms with Crippen LogP contribution in [0.4, 0.5) is 4.79 Å². The van der Waals surface area contributed by atoms with Gasteiger partial charge in [-0.1, -0.05) is 0 Å². The Morgan fingerprint density at radius 2 is 2.14 bits per heavy atom. The van der Waals surface area contributed by atoms with E-state index in [1.807, 2.05) is 0 Å². The molecule has 0 aromatic heterocycles. The van der Waals surface area contributed by atoms with E-state index in [2.05, 4.69) is 5.32 Å². The minimum absolute atomic E-state index is 0.213. The minimum atomic E-state index is -1.18. The van der Waals surface area contributed by atoms with Crippen molar-refractivity contribution in [1.82, 2.24) is 10.2 Å². The first-order chi connectivity index (χ1) is 6.59. The molecule has 1 aliphatic heterocycles. The van der Waals surface area contributed by atoms with Gasteiger partial charge >= 0.3 is 12.0 Å². The normalized spacial score (nSPS) is 26.6. The van der Waals surface area contributed by atoms with Gasteiger partial charge in [-0.15, -0.1) is 0 Å². The maximum Gasteiger partial charge on any atom is 0.325 e. The zero-order chi connectivity index (χ0) is 10.3. The number of carboxylic acids is 1. The van der Waals surface area contributed by atoms with Crippen molar-refractivity contribution >= 4 is 17.9 Å². The summed E-state index contributed by atoms with van der Waals surface area (Å²) in [6.07, 6.45) is 1.86. The van der Waals surface area contributed by atoms with Gasteiger partial charge in [0.1, 0.15) is 12.6 Å². The maximum atomic E-state index is 11.5. The second kappa shape index (κ2) is 2.97. The number of carbonyl (C=O) groups excluding carboxylic acids is 2. The molecule has 1 saturated heterocycles. The highest BCUT2D eigenvalue weighted by molar-refractivity contribution is 6.06. The average Bonchev–Trinajstić information content (AvgIpc) is 2.88. The molecule has 6 nitrogen and oxygen atoms in total. The monoisotopic (exact) mass is 198 g/mol. The van der Waals surface area contributed by atoms with Crippen molar-refractivity contribution in [3.63, 3.8) is 0 Å². The Labute approximate surface area is 79.9 Å². The van der Waals surface area contributed by atoms with E-state index in [0.29, 0.717) is 0 Å². The quantitative estimate of drug-likeness (QED) is 0.593. The number of carboxylic acid groups (broad SMARTS) is 1. The SMILES string of the molecule is O=C(O)CN1C(=O)NC(C2CC2)C1=O. The summed E-state index contributed by atoms with van der Waals surface area (Å²) in [5.74, 6) is -1.37. The summed E-state index contributed by atoms with van der Waals surface area (Å²) in [5, 5.41) is 11.0. The van der Waals surface area contributed by atoms with Crippen LogP contribution >= 0.6 is 0 Å². The molecule has 2 rings (SSSR count). The highest BCUT2D eigenvalue weighted by Gasteiger charge is 2.46. The number of rotatable bonds is 3. The summed E-state index contributed by atoms with van der Waals surface area (Å²) in [6.45, 7) is -0.548. The Kier molecular flexibility index (Phi) is 1.90. The highest BCUT2D eigenvalue weighted by atomic mass is 16.4. The van der Waals surface area contributed by atoms with Crippen LogP contribution in [0.1, 0.15) is 12.8 Å². The lowest BCUT2D eigenvalue weighted by molar-refractivity contribution is -0.141. The van der Waals surface area contributed by atoms with Crippen LogP contribution in [0.25, 0.3) is 0 Å². The van der Waals surface area contributed by atoms with E-state index in [1.165, 1.54) is 0 Å². The molecular formula is C8H10N2O4. The zero-order valence-electron chi connectivity index (χ0n) is 7.40. The van der Waals surface area contributed by atoms with Gasteiger partial charge in [-0.2, -0.15) is 0 Å². The first kappa shape index (κ1) is 8.98. The molecule has 1 atom stereocenters. The fourth-order valence-electron chi connectivity index (χ4n) is 1.57. The van der Waals surface area contributed by atoms with Gasteiger partial charge in [-0.05, 0) is 18.8 Å². The summed E-state index contributed by atoms with van der Waals surface area (Å²) < 4.78 is 0. The Morgan fingerprint density at radius 3 is 2.64 bits per heavy atom. The molecule has 6 heteroatoms. The van der Waals surface area contributed by atoms with E-state index in [1.54, 1.807) is 0 Å². The largest absolute Gasteiger partial charge is 0.480 e. The van der Waals surface area contributed by atoms with Crippen molar-refractivity contribution in [2.45, 2.75) is 18.9 Å². The number of imide groups is 1. The molecule has 0 bridgehead atoms. The van der Waals surface area contributed by atoms with Crippen LogP contribution in [0.15, 0.2) is 0 Å². The summed E-state index contributed by atoms with van der Waals surface area (Å²) in [6, 6.07) is -1.07. The van der Waals surface area contributed by atoms with Crippen LogP contribution in [0.2, 0.25) is 0 Å². The molecule has 0 radical (unpaired) electrons. The number of nitrogens with zero attached hydrogens (tertiary/aromatic N) is 1. The molecule has 1 heterocycles. The van der Waals surface area contributed by atoms with Crippen LogP contribution in [0, 0.1) is 5.92 Å². The van der Waals surface area contributed by atoms with E-state index < -0.39 is 30.5 Å². The first-order valence-corrected chi connectivity index (χ1v) is 4.43. The second-order valence-electron chi connectivity index (χ2n) is 3.58. The van der Waals surface area contributed by atoms with Crippen molar-refractivity contribution in [3.05, 3.63) is 0 Å². The molecule has 1 saturated carbocycles. The van der Waals surface area contributed by atoms with Crippen molar-refractivity contribution in [2.75, 3.05) is 6.54 Å². The molecule has 1 aliphatic carbocycles. The van der Waals surface area contributed by atoms with Crippen molar-refractivity contribution < 1.29 is 19.5 Å². The smallest absolute Gasteiger partial charge is 0.325 e. The summed E-state index contributed by atoms with van der Waals surface area (Å²) in [5.41, 5.74) is 0. The van der Waals surface area contributed by atoms with E-state index in [4.69, 9.17) is 5.11 Å². The Balaban J connectivity index is 2.07. The lowest BCUT2D eigenvalue weighted by Crippen LogP contribution is -2.36. The third-order valence-electron chi connectivity index (χ3n) is 2.44. The van der Waals surface area contributed by atoms with E-state index in [-0.39, 0.29) is 5.92 Å². The molecular weight excluding hydrogens is 188 g/mol. The van der Waals surface area contributed by atoms with Crippen LogP contribution in [0.3, 0.4) is 0 Å². The lowest BCUT2D eigenvalue weighted by atomic mass is 10.2. The molecule has 14 heavy (non-hydrogen) atoms. The molecule has 0 spiro atoms. The highest BCUT2D eigenvalue weighted by Crippen LogP contribution is 2.35. The van der Waals surface area contributed by atoms with Gasteiger partial charge in [-0.25, -0.2) is 4.79 Å². The van der Waals surface area contributed by atoms with Gasteiger partial charge in [-0.3, -0.25) is 14.5 Å². The van der Waals surface area contributed by atoms with Crippen molar-refractivity contribution in [3.8, 4) is 0 Å². The zero-order valence-corrected chi connectivity index (χ0v) is 7.40. The number of urea groups is 1.